The molecule has 2 unspecified atom stereocenters. The smallest absolute Gasteiger partial charge is 0.220 e. The molecule has 0 bridgehead atoms. The van der Waals surface area contributed by atoms with Gasteiger partial charge in [0, 0.05) is 11.8 Å². The predicted octanol–water partition coefficient (Wildman–Crippen LogP) is 0.484. The summed E-state index contributed by atoms with van der Waals surface area (Å²) < 4.78 is 0. The highest BCUT2D eigenvalue weighted by atomic mass is 31.0. The monoisotopic (exact) mass is 107 g/mol. The van der Waals surface area contributed by atoms with E-state index >= 15 is 0 Å². The van der Waals surface area contributed by atoms with Crippen LogP contribution in [0.5, 0.6) is 0 Å². The number of hydrogen-bond acceptors (Lipinski definition) is 2. The van der Waals surface area contributed by atoms with E-state index in [2.05, 4.69) is 9.24 Å². The summed E-state index contributed by atoms with van der Waals surface area (Å²) in [6.07, 6.45) is 0. The quantitative estimate of drug-likeness (QED) is 0.278. The molecule has 36 valence electrons. The van der Waals surface area contributed by atoms with Crippen molar-refractivity contribution in [2.75, 3.05) is 0 Å². The van der Waals surface area contributed by atoms with Crippen LogP contribution in [-0.2, 0) is 0 Å². The van der Waals surface area contributed by atoms with Crippen molar-refractivity contribution in [3.8, 4) is 0 Å². The van der Waals surface area contributed by atoms with Crippen molar-refractivity contribution in [2.24, 2.45) is 0 Å². The van der Waals surface area contributed by atoms with E-state index in [4.69, 9.17) is 0 Å². The van der Waals surface area contributed by atoms with Crippen molar-refractivity contribution in [3.63, 3.8) is 0 Å². The third-order valence-corrected chi connectivity index (χ3v) is 0.576. The van der Waals surface area contributed by atoms with Crippen LogP contribution in [0.2, 0.25) is 0 Å². The van der Waals surface area contributed by atoms with Gasteiger partial charge in [0.15, 0.2) is 0 Å². The Bertz CT molecular complexity index is 62.6. The first-order valence-corrected chi connectivity index (χ1v) is 2.20. The van der Waals surface area contributed by atoms with Gasteiger partial charge in [-0.1, -0.05) is 9.24 Å². The second-order valence-corrected chi connectivity index (χ2v) is 1.99. The fraction of sp³-hybridized carbons (Fsp3) is 1.00. The van der Waals surface area contributed by atoms with Gasteiger partial charge in [-0.25, -0.2) is 0 Å². The third kappa shape index (κ3) is 2.09. The van der Waals surface area contributed by atoms with E-state index in [1.807, 2.05) is 0 Å². The highest BCUT2D eigenvalue weighted by molar-refractivity contribution is 7.17. The van der Waals surface area contributed by atoms with Crippen LogP contribution in [0.4, 0.5) is 0 Å². The molecule has 0 heterocycles. The standard InChI is InChI=1S/C2H6NO2P/c1-2(6)3(4)5/h2H,6H2,1H3. The van der Waals surface area contributed by atoms with Gasteiger partial charge in [0.25, 0.3) is 0 Å². The van der Waals surface area contributed by atoms with Crippen molar-refractivity contribution >= 4 is 9.24 Å². The van der Waals surface area contributed by atoms with Crippen molar-refractivity contribution in [2.45, 2.75) is 12.7 Å². The van der Waals surface area contributed by atoms with Crippen LogP contribution in [-0.4, -0.2) is 10.7 Å². The van der Waals surface area contributed by atoms with Gasteiger partial charge in [-0.2, -0.15) is 0 Å². The van der Waals surface area contributed by atoms with Crippen LogP contribution < -0.4 is 0 Å². The lowest BCUT2D eigenvalue weighted by Gasteiger charge is -1.88. The minimum Gasteiger partial charge on any atom is -0.264 e. The van der Waals surface area contributed by atoms with Crippen LogP contribution in [0.15, 0.2) is 0 Å². The fourth-order valence-electron chi connectivity index (χ4n) is 0. The summed E-state index contributed by atoms with van der Waals surface area (Å²) in [4.78, 5) is 9.11. The molecule has 0 aromatic carbocycles. The van der Waals surface area contributed by atoms with Gasteiger partial charge in [-0.15, -0.1) is 0 Å². The first-order valence-electron chi connectivity index (χ1n) is 1.53. The van der Waals surface area contributed by atoms with Gasteiger partial charge in [-0.05, 0) is 0 Å². The zero-order chi connectivity index (χ0) is 5.15. The predicted molar refractivity (Wildman–Crippen MR) is 26.2 cm³/mol. The van der Waals surface area contributed by atoms with E-state index < -0.39 is 5.78 Å². The average Bonchev–Trinajstić information content (AvgIpc) is 1.36. The SMILES string of the molecule is CC(P)[N+](=O)[O-]. The summed E-state index contributed by atoms with van der Waals surface area (Å²) in [5.74, 6) is -0.509. The molecule has 0 amide bonds. The van der Waals surface area contributed by atoms with Crippen LogP contribution in [0, 0.1) is 10.1 Å². The van der Waals surface area contributed by atoms with Crippen molar-refractivity contribution in [1.82, 2.24) is 0 Å². The molecule has 0 aliphatic heterocycles. The Morgan fingerprint density at radius 2 is 2.17 bits per heavy atom. The van der Waals surface area contributed by atoms with Crippen molar-refractivity contribution in [1.29, 1.82) is 0 Å². The molecule has 6 heavy (non-hydrogen) atoms. The molecule has 0 spiro atoms. The highest BCUT2D eigenvalue weighted by Gasteiger charge is 1.99. The Hall–Kier alpha value is -0.170. The Morgan fingerprint density at radius 3 is 2.17 bits per heavy atom. The first-order chi connectivity index (χ1) is 2.64. The van der Waals surface area contributed by atoms with Gasteiger partial charge in [0.1, 0.15) is 0 Å². The number of rotatable bonds is 1. The van der Waals surface area contributed by atoms with Gasteiger partial charge in [0.2, 0.25) is 5.78 Å². The molecule has 0 saturated heterocycles. The van der Waals surface area contributed by atoms with Gasteiger partial charge in [0.05, 0.1) is 0 Å². The molecule has 0 fully saturated rings. The number of nitro groups is 1. The molecule has 3 nitrogen and oxygen atoms in total. The molecule has 0 aromatic heterocycles. The van der Waals surface area contributed by atoms with Crippen molar-refractivity contribution in [3.05, 3.63) is 10.1 Å². The highest BCUT2D eigenvalue weighted by Crippen LogP contribution is 1.95. The number of nitrogens with zero attached hydrogens (tertiary/aromatic N) is 1. The minimum atomic E-state index is -0.509. The normalized spacial score (nSPS) is 13.7. The zero-order valence-electron chi connectivity index (χ0n) is 3.42. The van der Waals surface area contributed by atoms with Crippen LogP contribution in [0.3, 0.4) is 0 Å². The van der Waals surface area contributed by atoms with E-state index in [9.17, 15) is 10.1 Å². The molecule has 0 aliphatic carbocycles. The third-order valence-electron chi connectivity index (χ3n) is 0.333. The van der Waals surface area contributed by atoms with E-state index in [0.29, 0.717) is 0 Å². The maximum atomic E-state index is 9.48. The zero-order valence-corrected chi connectivity index (χ0v) is 4.57. The van der Waals surface area contributed by atoms with E-state index in [1.165, 1.54) is 6.92 Å². The lowest BCUT2D eigenvalue weighted by Crippen LogP contribution is -2.04. The Morgan fingerprint density at radius 1 is 2.00 bits per heavy atom. The van der Waals surface area contributed by atoms with Crippen LogP contribution in [0.25, 0.3) is 0 Å². The maximum Gasteiger partial charge on any atom is 0.220 e. The Balaban J connectivity index is 3.26. The summed E-state index contributed by atoms with van der Waals surface area (Å²) in [7, 11) is 2.07. The Labute approximate surface area is 38.1 Å². The van der Waals surface area contributed by atoms with E-state index in [0.717, 1.165) is 0 Å². The van der Waals surface area contributed by atoms with Crippen molar-refractivity contribution < 1.29 is 4.92 Å². The van der Waals surface area contributed by atoms with Crippen LogP contribution >= 0.6 is 9.24 Å². The summed E-state index contributed by atoms with van der Waals surface area (Å²) in [5.41, 5.74) is 0. The molecule has 0 radical (unpaired) electrons. The lowest BCUT2D eigenvalue weighted by molar-refractivity contribution is -0.491. The van der Waals surface area contributed by atoms with Gasteiger partial charge in [-0.3, -0.25) is 10.1 Å². The molecular weight excluding hydrogens is 101 g/mol. The average molecular weight is 107 g/mol. The summed E-state index contributed by atoms with van der Waals surface area (Å²) in [6.45, 7) is 1.50. The molecule has 0 aromatic rings. The lowest BCUT2D eigenvalue weighted by atomic mass is 10.8. The van der Waals surface area contributed by atoms with Crippen LogP contribution in [0.1, 0.15) is 6.92 Å². The molecule has 0 N–H and O–H groups in total. The maximum absolute atomic E-state index is 9.48. The topological polar surface area (TPSA) is 43.1 Å². The molecule has 0 rings (SSSR count). The van der Waals surface area contributed by atoms with E-state index in [-0.39, 0.29) is 4.92 Å². The number of hydrogen-bond donors (Lipinski definition) is 0. The summed E-state index contributed by atoms with van der Waals surface area (Å²) in [6, 6.07) is 0. The van der Waals surface area contributed by atoms with Gasteiger partial charge < -0.3 is 0 Å². The molecule has 4 heteroatoms. The molecule has 0 aliphatic rings. The second-order valence-electron chi connectivity index (χ2n) is 1.03. The largest absolute Gasteiger partial charge is 0.264 e. The van der Waals surface area contributed by atoms with E-state index in [1.54, 1.807) is 0 Å². The molecular formula is C2H6NO2P. The fourth-order valence-corrected chi connectivity index (χ4v) is 0. The first kappa shape index (κ1) is 5.83. The molecule has 2 atom stereocenters. The molecule has 0 saturated carbocycles. The summed E-state index contributed by atoms with van der Waals surface area (Å²) in [5, 5.41) is 9.48. The second kappa shape index (κ2) is 2.08. The minimum absolute atomic E-state index is 0.370. The van der Waals surface area contributed by atoms with Gasteiger partial charge >= 0.3 is 0 Å². The summed E-state index contributed by atoms with van der Waals surface area (Å²) >= 11 is 0. The Kier molecular flexibility index (Phi) is 2.03.